The zero-order valence-electron chi connectivity index (χ0n) is 11.4. The van der Waals surface area contributed by atoms with Crippen LogP contribution in [0.3, 0.4) is 0 Å². The molecule has 0 saturated carbocycles. The number of carbonyl (C=O) groups is 1. The molecule has 0 saturated heterocycles. The molecule has 5 heteroatoms. The predicted octanol–water partition coefficient (Wildman–Crippen LogP) is 2.00. The minimum atomic E-state index is -0.535. The summed E-state index contributed by atoms with van der Waals surface area (Å²) in [6, 6.07) is 7.45. The smallest absolute Gasteiger partial charge is 0.323 e. The summed E-state index contributed by atoms with van der Waals surface area (Å²) >= 11 is 1.64. The maximum absolute atomic E-state index is 11.1. The van der Waals surface area contributed by atoms with Gasteiger partial charge in [-0.1, -0.05) is 12.1 Å². The molecule has 0 amide bonds. The number of nitrogens with two attached hydrogens (primary N) is 1. The van der Waals surface area contributed by atoms with E-state index in [2.05, 4.69) is 4.74 Å². The molecule has 1 atom stereocenters. The van der Waals surface area contributed by atoms with Crippen LogP contribution in [0.25, 0.3) is 0 Å². The highest BCUT2D eigenvalue weighted by Crippen LogP contribution is 2.13. The first-order valence-electron chi connectivity index (χ1n) is 6.24. The van der Waals surface area contributed by atoms with Gasteiger partial charge >= 0.3 is 5.97 Å². The van der Waals surface area contributed by atoms with Crippen LogP contribution >= 0.6 is 11.8 Å². The Labute approximate surface area is 118 Å². The quantitative estimate of drug-likeness (QED) is 0.584. The summed E-state index contributed by atoms with van der Waals surface area (Å²) in [6.45, 7) is 2.71. The Kier molecular flexibility index (Phi) is 7.36. The fourth-order valence-electron chi connectivity index (χ4n) is 1.49. The Bertz CT molecular complexity index is 398. The van der Waals surface area contributed by atoms with Crippen molar-refractivity contribution in [2.45, 2.75) is 19.4 Å². The van der Waals surface area contributed by atoms with E-state index in [0.717, 1.165) is 17.9 Å². The van der Waals surface area contributed by atoms with Crippen molar-refractivity contribution in [3.8, 4) is 5.75 Å². The molecule has 2 N–H and O–H groups in total. The molecular formula is C14H21NO3S. The first-order valence-corrected chi connectivity index (χ1v) is 7.39. The molecular weight excluding hydrogens is 262 g/mol. The van der Waals surface area contributed by atoms with Crippen molar-refractivity contribution in [2.75, 3.05) is 25.2 Å². The van der Waals surface area contributed by atoms with Crippen LogP contribution in [0, 0.1) is 6.92 Å². The van der Waals surface area contributed by atoms with E-state index >= 15 is 0 Å². The SMILES string of the molecule is COC(=O)C(N)CSCCCOc1cccc(C)c1. The van der Waals surface area contributed by atoms with Crippen LogP contribution in [0.1, 0.15) is 12.0 Å². The van der Waals surface area contributed by atoms with Gasteiger partial charge in [0.2, 0.25) is 0 Å². The first-order chi connectivity index (χ1) is 9.13. The molecule has 0 spiro atoms. The number of ether oxygens (including phenoxy) is 2. The van der Waals surface area contributed by atoms with E-state index in [9.17, 15) is 4.79 Å². The maximum Gasteiger partial charge on any atom is 0.323 e. The third-order valence-corrected chi connectivity index (χ3v) is 3.66. The highest BCUT2D eigenvalue weighted by molar-refractivity contribution is 7.99. The lowest BCUT2D eigenvalue weighted by molar-refractivity contribution is -0.141. The standard InChI is InChI=1S/C14H21NO3S/c1-11-5-3-6-12(9-11)18-7-4-8-19-10-13(15)14(16)17-2/h3,5-6,9,13H,4,7-8,10,15H2,1-2H3. The number of rotatable bonds is 8. The largest absolute Gasteiger partial charge is 0.494 e. The second-order valence-corrected chi connectivity index (χ2v) is 5.37. The number of hydrogen-bond donors (Lipinski definition) is 1. The molecule has 4 nitrogen and oxygen atoms in total. The molecule has 0 aliphatic carbocycles. The van der Waals surface area contributed by atoms with E-state index in [-0.39, 0.29) is 5.97 Å². The first kappa shape index (κ1) is 15.9. The Morgan fingerprint density at radius 3 is 2.95 bits per heavy atom. The molecule has 1 unspecified atom stereocenters. The minimum absolute atomic E-state index is 0.358. The third kappa shape index (κ3) is 6.50. The molecule has 0 aliphatic rings. The van der Waals surface area contributed by atoms with Gasteiger partial charge in [0.1, 0.15) is 11.8 Å². The van der Waals surface area contributed by atoms with Gasteiger partial charge in [0.15, 0.2) is 0 Å². The summed E-state index contributed by atoms with van der Waals surface area (Å²) in [7, 11) is 1.35. The molecule has 0 aromatic heterocycles. The zero-order chi connectivity index (χ0) is 14.1. The Morgan fingerprint density at radius 2 is 2.26 bits per heavy atom. The fraction of sp³-hybridized carbons (Fsp3) is 0.500. The number of esters is 1. The molecule has 1 rings (SSSR count). The molecule has 19 heavy (non-hydrogen) atoms. The number of benzene rings is 1. The fourth-order valence-corrected chi connectivity index (χ4v) is 2.36. The third-order valence-electron chi connectivity index (χ3n) is 2.49. The van der Waals surface area contributed by atoms with Gasteiger partial charge in [0.25, 0.3) is 0 Å². The van der Waals surface area contributed by atoms with Crippen molar-refractivity contribution in [2.24, 2.45) is 5.73 Å². The van der Waals surface area contributed by atoms with E-state index < -0.39 is 6.04 Å². The van der Waals surface area contributed by atoms with Gasteiger partial charge < -0.3 is 15.2 Å². The Morgan fingerprint density at radius 1 is 1.47 bits per heavy atom. The van der Waals surface area contributed by atoms with Gasteiger partial charge in [-0.3, -0.25) is 4.79 Å². The predicted molar refractivity (Wildman–Crippen MR) is 78.6 cm³/mol. The summed E-state index contributed by atoms with van der Waals surface area (Å²) in [6.07, 6.45) is 0.923. The molecule has 0 fully saturated rings. The number of methoxy groups -OCH3 is 1. The van der Waals surface area contributed by atoms with Gasteiger partial charge in [0.05, 0.1) is 13.7 Å². The van der Waals surface area contributed by atoms with Crippen LogP contribution in [0.4, 0.5) is 0 Å². The lowest BCUT2D eigenvalue weighted by atomic mass is 10.2. The van der Waals surface area contributed by atoms with Crippen LogP contribution < -0.4 is 10.5 Å². The molecule has 0 radical (unpaired) electrons. The lowest BCUT2D eigenvalue weighted by Gasteiger charge is -2.09. The van der Waals surface area contributed by atoms with E-state index in [1.54, 1.807) is 11.8 Å². The highest BCUT2D eigenvalue weighted by atomic mass is 32.2. The zero-order valence-corrected chi connectivity index (χ0v) is 12.2. The lowest BCUT2D eigenvalue weighted by Crippen LogP contribution is -2.33. The minimum Gasteiger partial charge on any atom is -0.494 e. The second kappa shape index (κ2) is 8.82. The Hall–Kier alpha value is -1.20. The van der Waals surface area contributed by atoms with Crippen LogP contribution in [0.5, 0.6) is 5.75 Å². The van der Waals surface area contributed by atoms with E-state index in [4.69, 9.17) is 10.5 Å². The normalized spacial score (nSPS) is 11.9. The van der Waals surface area contributed by atoms with Crippen molar-refractivity contribution in [3.05, 3.63) is 29.8 Å². The average molecular weight is 283 g/mol. The summed E-state index contributed by atoms with van der Waals surface area (Å²) in [4.78, 5) is 11.1. The molecule has 1 aromatic rings. The van der Waals surface area contributed by atoms with Gasteiger partial charge in [-0.25, -0.2) is 0 Å². The van der Waals surface area contributed by atoms with Crippen molar-refractivity contribution in [3.63, 3.8) is 0 Å². The molecule has 0 heterocycles. The van der Waals surface area contributed by atoms with Crippen molar-refractivity contribution in [1.29, 1.82) is 0 Å². The van der Waals surface area contributed by atoms with E-state index in [0.29, 0.717) is 12.4 Å². The number of hydrogen-bond acceptors (Lipinski definition) is 5. The molecule has 0 aliphatic heterocycles. The van der Waals surface area contributed by atoms with E-state index in [1.165, 1.54) is 12.7 Å². The number of aryl methyl sites for hydroxylation is 1. The van der Waals surface area contributed by atoms with Crippen molar-refractivity contribution >= 4 is 17.7 Å². The van der Waals surface area contributed by atoms with Gasteiger partial charge in [-0.05, 0) is 36.8 Å². The van der Waals surface area contributed by atoms with Crippen molar-refractivity contribution in [1.82, 2.24) is 0 Å². The number of thioether (sulfide) groups is 1. The molecule has 0 bridgehead atoms. The molecule has 106 valence electrons. The average Bonchev–Trinajstić information content (AvgIpc) is 2.41. The Balaban J connectivity index is 2.07. The van der Waals surface area contributed by atoms with Gasteiger partial charge in [-0.15, -0.1) is 0 Å². The van der Waals surface area contributed by atoms with Gasteiger partial charge in [0, 0.05) is 5.75 Å². The summed E-state index contributed by atoms with van der Waals surface area (Å²) in [5, 5.41) is 0. The monoisotopic (exact) mass is 283 g/mol. The second-order valence-electron chi connectivity index (χ2n) is 4.22. The van der Waals surface area contributed by atoms with Crippen LogP contribution in [0.15, 0.2) is 24.3 Å². The van der Waals surface area contributed by atoms with Crippen molar-refractivity contribution < 1.29 is 14.3 Å². The summed E-state index contributed by atoms with van der Waals surface area (Å²) in [5.74, 6) is 2.04. The summed E-state index contributed by atoms with van der Waals surface area (Å²) in [5.41, 5.74) is 6.81. The van der Waals surface area contributed by atoms with Crippen LogP contribution in [-0.4, -0.2) is 37.2 Å². The maximum atomic E-state index is 11.1. The summed E-state index contributed by atoms with van der Waals surface area (Å²) < 4.78 is 10.2. The number of carbonyl (C=O) groups excluding carboxylic acids is 1. The topological polar surface area (TPSA) is 61.5 Å². The van der Waals surface area contributed by atoms with Crippen LogP contribution in [-0.2, 0) is 9.53 Å². The van der Waals surface area contributed by atoms with E-state index in [1.807, 2.05) is 31.2 Å². The van der Waals surface area contributed by atoms with Gasteiger partial charge in [-0.2, -0.15) is 11.8 Å². The van der Waals surface area contributed by atoms with Crippen LogP contribution in [0.2, 0.25) is 0 Å². The highest BCUT2D eigenvalue weighted by Gasteiger charge is 2.12. The molecule has 1 aromatic carbocycles.